The van der Waals surface area contributed by atoms with E-state index in [4.69, 9.17) is 21.1 Å². The fraction of sp³-hybridized carbons (Fsp3) is 0.227. The maximum atomic E-state index is 6.33. The lowest BCUT2D eigenvalue weighted by Gasteiger charge is -2.19. The number of hydrogen-bond donors (Lipinski definition) is 0. The van der Waals surface area contributed by atoms with Gasteiger partial charge >= 0.3 is 0 Å². The number of thioether (sulfide) groups is 1. The molecule has 4 rings (SSSR count). The molecule has 0 unspecified atom stereocenters. The van der Waals surface area contributed by atoms with Gasteiger partial charge in [-0.25, -0.2) is 0 Å². The molecule has 0 bridgehead atoms. The minimum absolute atomic E-state index is 0.523. The normalized spacial score (nSPS) is 11.1. The van der Waals surface area contributed by atoms with E-state index in [1.807, 2.05) is 47.9 Å². The van der Waals surface area contributed by atoms with Crippen LogP contribution in [0.15, 0.2) is 47.6 Å². The van der Waals surface area contributed by atoms with Crippen molar-refractivity contribution in [2.45, 2.75) is 19.0 Å². The molecule has 0 amide bonds. The average Bonchev–Trinajstić information content (AvgIpc) is 3.20. The second-order valence-corrected chi connectivity index (χ2v) is 8.27. The van der Waals surface area contributed by atoms with Gasteiger partial charge in [0.25, 0.3) is 5.95 Å². The van der Waals surface area contributed by atoms with E-state index in [9.17, 15) is 0 Å². The molecule has 2 heterocycles. The molecule has 4 aromatic rings. The van der Waals surface area contributed by atoms with Gasteiger partial charge < -0.3 is 9.47 Å². The maximum absolute atomic E-state index is 6.33. The van der Waals surface area contributed by atoms with Gasteiger partial charge in [0.05, 0.1) is 19.9 Å². The second kappa shape index (κ2) is 8.53. The molecule has 30 heavy (non-hydrogen) atoms. The number of nitrogens with zero attached hydrogens (tertiary/aromatic N) is 4. The quantitative estimate of drug-likeness (QED) is 0.322. The van der Waals surface area contributed by atoms with Crippen molar-refractivity contribution in [1.29, 1.82) is 0 Å². The molecule has 154 valence electrons. The average molecular weight is 441 g/mol. The van der Waals surface area contributed by atoms with E-state index in [1.54, 1.807) is 26.0 Å². The van der Waals surface area contributed by atoms with Crippen molar-refractivity contribution in [2.24, 2.45) is 0 Å². The van der Waals surface area contributed by atoms with Gasteiger partial charge in [0.2, 0.25) is 5.16 Å². The van der Waals surface area contributed by atoms with Gasteiger partial charge in [-0.2, -0.15) is 4.98 Å². The number of methoxy groups -OCH3 is 2. The summed E-state index contributed by atoms with van der Waals surface area (Å²) in [4.78, 5) is 4.64. The highest BCUT2D eigenvalue weighted by atomic mass is 35.5. The summed E-state index contributed by atoms with van der Waals surface area (Å²) in [7, 11) is 3.26. The summed E-state index contributed by atoms with van der Waals surface area (Å²) in [6.07, 6.45) is 0. The first kappa shape index (κ1) is 20.5. The number of halogens is 1. The standard InChI is InChI=1S/C22H21ClN4O2S/c1-5-30-22-24-21(25-26-22)27-13(2)9-15-11-18(28-3)19(29-4)12-17(15)20(27)14-7-6-8-16(23)10-14/h6-12H,5H2,1-4H3. The Morgan fingerprint density at radius 2 is 1.83 bits per heavy atom. The van der Waals surface area contributed by atoms with Crippen LogP contribution in [0.2, 0.25) is 5.02 Å². The Kier molecular flexibility index (Phi) is 5.83. The lowest BCUT2D eigenvalue weighted by atomic mass is 10.0. The molecule has 0 spiro atoms. The summed E-state index contributed by atoms with van der Waals surface area (Å²) in [6, 6.07) is 13.8. The van der Waals surface area contributed by atoms with E-state index in [0.717, 1.165) is 33.5 Å². The topological polar surface area (TPSA) is 62.2 Å². The Morgan fingerprint density at radius 3 is 2.53 bits per heavy atom. The first-order chi connectivity index (χ1) is 14.5. The monoisotopic (exact) mass is 440 g/mol. The van der Waals surface area contributed by atoms with Crippen molar-refractivity contribution in [2.75, 3.05) is 20.0 Å². The molecule has 0 aliphatic rings. The van der Waals surface area contributed by atoms with Crippen LogP contribution in [0.25, 0.3) is 28.0 Å². The van der Waals surface area contributed by atoms with Crippen LogP contribution in [-0.4, -0.2) is 30.2 Å². The molecular weight excluding hydrogens is 420 g/mol. The highest BCUT2D eigenvalue weighted by molar-refractivity contribution is 7.99. The Morgan fingerprint density at radius 1 is 1.07 bits per heavy atom. The molecule has 2 aromatic carbocycles. The predicted octanol–water partition coefficient (Wildman–Crippen LogP) is 4.62. The molecule has 0 atom stereocenters. The Bertz CT molecular complexity index is 1230. The first-order valence-electron chi connectivity index (χ1n) is 9.43. The highest BCUT2D eigenvalue weighted by Gasteiger charge is 2.19. The van der Waals surface area contributed by atoms with Gasteiger partial charge in [0.15, 0.2) is 11.5 Å². The third-order valence-corrected chi connectivity index (χ3v) is 5.70. The number of benzene rings is 2. The van der Waals surface area contributed by atoms with Crippen LogP contribution in [-0.2, 0) is 0 Å². The predicted molar refractivity (Wildman–Crippen MR) is 119 cm³/mol. The zero-order chi connectivity index (χ0) is 21.3. The molecule has 2 aromatic heterocycles. The SMILES string of the molecule is CCSc1nnc(-[n+]2c(C)cc3cc(OC)c(OC)cc3c2-c2cccc(Cl)c2)[n-]1. The van der Waals surface area contributed by atoms with Gasteiger partial charge in [-0.3, -0.25) is 4.57 Å². The van der Waals surface area contributed by atoms with Crippen LogP contribution in [0.4, 0.5) is 0 Å². The van der Waals surface area contributed by atoms with Crippen molar-refractivity contribution in [3.05, 3.63) is 53.2 Å². The van der Waals surface area contributed by atoms with Crippen LogP contribution in [0.3, 0.4) is 0 Å². The molecular formula is C22H21ClN4O2S. The fourth-order valence-corrected chi connectivity index (χ4v) is 4.18. The van der Waals surface area contributed by atoms with E-state index in [0.29, 0.717) is 27.6 Å². The molecule has 6 nitrogen and oxygen atoms in total. The summed E-state index contributed by atoms with van der Waals surface area (Å²) in [6.45, 7) is 4.08. The van der Waals surface area contributed by atoms with E-state index in [1.165, 1.54) is 0 Å². The van der Waals surface area contributed by atoms with Crippen molar-refractivity contribution in [3.8, 4) is 28.7 Å². The maximum Gasteiger partial charge on any atom is 0.256 e. The van der Waals surface area contributed by atoms with E-state index >= 15 is 0 Å². The van der Waals surface area contributed by atoms with Gasteiger partial charge in [0, 0.05) is 21.7 Å². The third kappa shape index (κ3) is 3.70. The minimum atomic E-state index is 0.523. The largest absolute Gasteiger partial charge is 0.493 e. The molecule has 0 aliphatic carbocycles. The van der Waals surface area contributed by atoms with Crippen molar-refractivity contribution in [3.63, 3.8) is 0 Å². The zero-order valence-corrected chi connectivity index (χ0v) is 18.7. The number of ether oxygens (including phenoxy) is 2. The van der Waals surface area contributed by atoms with Crippen LogP contribution < -0.4 is 19.0 Å². The van der Waals surface area contributed by atoms with Gasteiger partial charge in [-0.1, -0.05) is 42.4 Å². The minimum Gasteiger partial charge on any atom is -0.493 e. The summed E-state index contributed by atoms with van der Waals surface area (Å²) in [5, 5.41) is 11.9. The highest BCUT2D eigenvalue weighted by Crippen LogP contribution is 2.37. The number of aromatic nitrogens is 4. The Hall–Kier alpha value is -2.77. The van der Waals surface area contributed by atoms with E-state index in [-0.39, 0.29) is 0 Å². The molecule has 0 radical (unpaired) electrons. The number of aryl methyl sites for hydroxylation is 1. The van der Waals surface area contributed by atoms with Crippen molar-refractivity contribution in [1.82, 2.24) is 15.2 Å². The molecule has 0 N–H and O–H groups in total. The van der Waals surface area contributed by atoms with E-state index in [2.05, 4.69) is 28.2 Å². The zero-order valence-electron chi connectivity index (χ0n) is 17.1. The molecule has 8 heteroatoms. The first-order valence-corrected chi connectivity index (χ1v) is 10.8. The number of pyridine rings is 1. The van der Waals surface area contributed by atoms with Crippen molar-refractivity contribution < 1.29 is 14.0 Å². The summed E-state index contributed by atoms with van der Waals surface area (Å²) in [5.41, 5.74) is 2.82. The molecule has 0 fully saturated rings. The van der Waals surface area contributed by atoms with E-state index < -0.39 is 0 Å². The molecule has 0 saturated heterocycles. The Labute approximate surface area is 184 Å². The smallest absolute Gasteiger partial charge is 0.256 e. The van der Waals surface area contributed by atoms with Crippen LogP contribution in [0.5, 0.6) is 11.5 Å². The van der Waals surface area contributed by atoms with Gasteiger partial charge in [-0.05, 0) is 48.4 Å². The Balaban J connectivity index is 2.09. The lowest BCUT2D eigenvalue weighted by Crippen LogP contribution is -2.39. The van der Waals surface area contributed by atoms with Crippen LogP contribution in [0.1, 0.15) is 12.6 Å². The van der Waals surface area contributed by atoms with Crippen LogP contribution in [0, 0.1) is 6.92 Å². The van der Waals surface area contributed by atoms with Crippen LogP contribution >= 0.6 is 23.4 Å². The lowest BCUT2D eigenvalue weighted by molar-refractivity contribution is -0.598. The number of rotatable bonds is 6. The van der Waals surface area contributed by atoms with Gasteiger partial charge in [0.1, 0.15) is 0 Å². The summed E-state index contributed by atoms with van der Waals surface area (Å²) in [5.74, 6) is 2.72. The fourth-order valence-electron chi connectivity index (χ4n) is 3.49. The number of fused-ring (bicyclic) bond motifs is 1. The van der Waals surface area contributed by atoms with Crippen molar-refractivity contribution >= 4 is 34.1 Å². The second-order valence-electron chi connectivity index (χ2n) is 6.60. The summed E-state index contributed by atoms with van der Waals surface area (Å²) >= 11 is 7.89. The summed E-state index contributed by atoms with van der Waals surface area (Å²) < 4.78 is 13.1. The van der Waals surface area contributed by atoms with Gasteiger partial charge in [-0.15, -0.1) is 10.2 Å². The molecule has 0 saturated carbocycles. The number of hydrogen-bond acceptors (Lipinski definition) is 5. The molecule has 0 aliphatic heterocycles. The third-order valence-electron chi connectivity index (χ3n) is 4.74.